The van der Waals surface area contributed by atoms with Gasteiger partial charge in [0.15, 0.2) is 0 Å². The molecule has 3 aromatic carbocycles. The second-order valence-corrected chi connectivity index (χ2v) is 8.81. The summed E-state index contributed by atoms with van der Waals surface area (Å²) >= 11 is 5.89. The predicted molar refractivity (Wildman–Crippen MR) is 138 cm³/mol. The van der Waals surface area contributed by atoms with E-state index in [9.17, 15) is 9.59 Å². The number of benzene rings is 3. The molecule has 3 aromatic rings. The second kappa shape index (κ2) is 11.2. The Morgan fingerprint density at radius 1 is 1.03 bits per heavy atom. The van der Waals surface area contributed by atoms with Gasteiger partial charge in [0.2, 0.25) is 5.91 Å². The summed E-state index contributed by atoms with van der Waals surface area (Å²) in [4.78, 5) is 27.4. The van der Waals surface area contributed by atoms with E-state index in [0.717, 1.165) is 22.6 Å². The van der Waals surface area contributed by atoms with Crippen LogP contribution in [0, 0.1) is 0 Å². The molecule has 0 bridgehead atoms. The fraction of sp³-hybridized carbons (Fsp3) is 0.222. The van der Waals surface area contributed by atoms with Crippen molar-refractivity contribution in [3.63, 3.8) is 0 Å². The number of likely N-dealkylation sites (N-methyl/N-ethyl adjacent to an activating group) is 1. The molecule has 1 heterocycles. The monoisotopic (exact) mass is 490 g/mol. The third-order valence-electron chi connectivity index (χ3n) is 5.72. The van der Waals surface area contributed by atoms with Crippen molar-refractivity contribution in [2.24, 2.45) is 5.10 Å². The van der Waals surface area contributed by atoms with E-state index in [0.29, 0.717) is 17.1 Å². The minimum Gasteiger partial charge on any atom is -0.497 e. The maximum absolute atomic E-state index is 13.3. The van der Waals surface area contributed by atoms with Crippen molar-refractivity contribution in [3.8, 4) is 5.75 Å². The number of anilines is 1. The lowest BCUT2D eigenvalue weighted by molar-refractivity contribution is -0.134. The average molecular weight is 491 g/mol. The number of amides is 2. The molecule has 0 saturated heterocycles. The number of hydrazone groups is 1. The molecule has 0 spiro atoms. The van der Waals surface area contributed by atoms with E-state index >= 15 is 0 Å². The standard InChI is InChI=1S/C27H27ClN4O3/c1-31(17-26(33)29-22-12-10-21(28)11-13-22)18-27(34)32-25(20-8-14-23(35-2)15-9-20)16-24(30-32)19-6-4-3-5-7-19/h3-15,25H,16-18H2,1-2H3,(H,29,33)/t25-/m1/s1. The van der Waals surface area contributed by atoms with Gasteiger partial charge in [0.25, 0.3) is 5.91 Å². The summed E-state index contributed by atoms with van der Waals surface area (Å²) in [5.41, 5.74) is 3.45. The highest BCUT2D eigenvalue weighted by atomic mass is 35.5. The van der Waals surface area contributed by atoms with Gasteiger partial charge in [-0.05, 0) is 54.6 Å². The van der Waals surface area contributed by atoms with E-state index in [2.05, 4.69) is 5.32 Å². The minimum absolute atomic E-state index is 0.0479. The third-order valence-corrected chi connectivity index (χ3v) is 5.97. The van der Waals surface area contributed by atoms with Gasteiger partial charge in [-0.1, -0.05) is 54.1 Å². The molecule has 180 valence electrons. The van der Waals surface area contributed by atoms with Gasteiger partial charge in [-0.2, -0.15) is 5.10 Å². The summed E-state index contributed by atoms with van der Waals surface area (Å²) in [5.74, 6) is 0.350. The van der Waals surface area contributed by atoms with Gasteiger partial charge in [-0.15, -0.1) is 0 Å². The zero-order chi connectivity index (χ0) is 24.8. The van der Waals surface area contributed by atoms with Gasteiger partial charge in [-0.25, -0.2) is 5.01 Å². The lowest BCUT2D eigenvalue weighted by Gasteiger charge is -2.24. The number of rotatable bonds is 8. The highest BCUT2D eigenvalue weighted by Crippen LogP contribution is 2.33. The first-order valence-corrected chi connectivity index (χ1v) is 11.6. The third kappa shape index (κ3) is 6.26. The van der Waals surface area contributed by atoms with Gasteiger partial charge >= 0.3 is 0 Å². The Bertz CT molecular complexity index is 1200. The number of carbonyl (C=O) groups excluding carboxylic acids is 2. The zero-order valence-electron chi connectivity index (χ0n) is 19.6. The Kier molecular flexibility index (Phi) is 7.80. The maximum Gasteiger partial charge on any atom is 0.257 e. The van der Waals surface area contributed by atoms with Crippen molar-refractivity contribution in [2.75, 3.05) is 32.6 Å². The molecule has 0 fully saturated rings. The molecule has 0 radical (unpaired) electrons. The minimum atomic E-state index is -0.236. The summed E-state index contributed by atoms with van der Waals surface area (Å²) in [6, 6.07) is 24.2. The Hall–Kier alpha value is -3.68. The molecule has 7 nitrogen and oxygen atoms in total. The van der Waals surface area contributed by atoms with Crippen molar-refractivity contribution < 1.29 is 14.3 Å². The van der Waals surface area contributed by atoms with Gasteiger partial charge in [0.1, 0.15) is 5.75 Å². The number of hydrogen-bond acceptors (Lipinski definition) is 5. The maximum atomic E-state index is 13.3. The number of nitrogens with one attached hydrogen (secondary N) is 1. The summed E-state index contributed by atoms with van der Waals surface area (Å²) in [6.07, 6.45) is 0.600. The highest BCUT2D eigenvalue weighted by Gasteiger charge is 2.33. The number of nitrogens with zero attached hydrogens (tertiary/aromatic N) is 3. The Balaban J connectivity index is 1.46. The molecule has 1 aliphatic rings. The molecule has 0 aromatic heterocycles. The predicted octanol–water partition coefficient (Wildman–Crippen LogP) is 4.60. The first-order chi connectivity index (χ1) is 16.9. The van der Waals surface area contributed by atoms with E-state index in [1.165, 1.54) is 5.01 Å². The first-order valence-electron chi connectivity index (χ1n) is 11.3. The summed E-state index contributed by atoms with van der Waals surface area (Å²) in [5, 5.41) is 9.64. The second-order valence-electron chi connectivity index (χ2n) is 8.37. The molecular formula is C27H27ClN4O3. The van der Waals surface area contributed by atoms with Crippen LogP contribution >= 0.6 is 11.6 Å². The van der Waals surface area contributed by atoms with Crippen molar-refractivity contribution in [3.05, 3.63) is 95.0 Å². The van der Waals surface area contributed by atoms with Crippen LogP contribution in [-0.4, -0.2) is 54.7 Å². The largest absolute Gasteiger partial charge is 0.497 e. The fourth-order valence-electron chi connectivity index (χ4n) is 3.97. The fourth-order valence-corrected chi connectivity index (χ4v) is 4.10. The van der Waals surface area contributed by atoms with E-state index in [1.807, 2.05) is 54.6 Å². The van der Waals surface area contributed by atoms with Crippen molar-refractivity contribution in [2.45, 2.75) is 12.5 Å². The number of halogens is 1. The van der Waals surface area contributed by atoms with E-state index < -0.39 is 0 Å². The van der Waals surface area contributed by atoms with Crippen LogP contribution in [0.1, 0.15) is 23.6 Å². The number of hydrogen-bond donors (Lipinski definition) is 1. The van der Waals surface area contributed by atoms with Gasteiger partial charge in [0, 0.05) is 17.1 Å². The number of carbonyl (C=O) groups is 2. The smallest absolute Gasteiger partial charge is 0.257 e. The average Bonchev–Trinajstić information content (AvgIpc) is 3.32. The van der Waals surface area contributed by atoms with Crippen molar-refractivity contribution in [1.82, 2.24) is 9.91 Å². The van der Waals surface area contributed by atoms with Crippen LogP contribution in [-0.2, 0) is 9.59 Å². The highest BCUT2D eigenvalue weighted by molar-refractivity contribution is 6.30. The molecule has 0 saturated carbocycles. The molecule has 1 aliphatic heterocycles. The summed E-state index contributed by atoms with van der Waals surface area (Å²) < 4.78 is 5.27. The molecule has 4 rings (SSSR count). The van der Waals surface area contributed by atoms with Crippen LogP contribution in [0.5, 0.6) is 5.75 Å². The van der Waals surface area contributed by atoms with Gasteiger partial charge in [0.05, 0.1) is 32.0 Å². The Morgan fingerprint density at radius 3 is 2.37 bits per heavy atom. The normalized spacial score (nSPS) is 15.1. The van der Waals surface area contributed by atoms with Crippen LogP contribution in [0.4, 0.5) is 5.69 Å². The molecule has 35 heavy (non-hydrogen) atoms. The molecule has 1 N–H and O–H groups in total. The van der Waals surface area contributed by atoms with Crippen LogP contribution in [0.3, 0.4) is 0 Å². The topological polar surface area (TPSA) is 74.2 Å². The lowest BCUT2D eigenvalue weighted by Crippen LogP contribution is -2.39. The zero-order valence-corrected chi connectivity index (χ0v) is 20.4. The van der Waals surface area contributed by atoms with Gasteiger partial charge < -0.3 is 10.1 Å². The van der Waals surface area contributed by atoms with E-state index in [-0.39, 0.29) is 30.9 Å². The summed E-state index contributed by atoms with van der Waals surface area (Å²) in [7, 11) is 3.36. The molecule has 0 unspecified atom stereocenters. The molecule has 1 atom stereocenters. The Morgan fingerprint density at radius 2 is 1.71 bits per heavy atom. The van der Waals surface area contributed by atoms with Gasteiger partial charge in [-0.3, -0.25) is 14.5 Å². The molecular weight excluding hydrogens is 464 g/mol. The number of methoxy groups -OCH3 is 1. The van der Waals surface area contributed by atoms with Crippen LogP contribution < -0.4 is 10.1 Å². The van der Waals surface area contributed by atoms with Crippen LogP contribution in [0.2, 0.25) is 5.02 Å². The Labute approximate surface area is 209 Å². The van der Waals surface area contributed by atoms with Crippen LogP contribution in [0.15, 0.2) is 84.0 Å². The molecule has 8 heteroatoms. The van der Waals surface area contributed by atoms with Crippen LogP contribution in [0.25, 0.3) is 0 Å². The quantitative estimate of drug-likeness (QED) is 0.501. The first kappa shape index (κ1) is 24.4. The van der Waals surface area contributed by atoms with Crippen molar-refractivity contribution in [1.29, 1.82) is 0 Å². The van der Waals surface area contributed by atoms with E-state index in [1.54, 1.807) is 43.3 Å². The van der Waals surface area contributed by atoms with E-state index in [4.69, 9.17) is 21.4 Å². The summed E-state index contributed by atoms with van der Waals surface area (Å²) in [6.45, 7) is 0.108. The molecule has 2 amide bonds. The lowest BCUT2D eigenvalue weighted by atomic mass is 9.98. The molecule has 0 aliphatic carbocycles. The van der Waals surface area contributed by atoms with Crippen molar-refractivity contribution >= 4 is 34.8 Å². The number of ether oxygens (including phenoxy) is 1. The SMILES string of the molecule is COc1ccc([C@H]2CC(c3ccccc3)=NN2C(=O)CN(C)CC(=O)Nc2ccc(Cl)cc2)cc1.